The number of rotatable bonds is 8. The van der Waals surface area contributed by atoms with E-state index in [1.54, 1.807) is 12.1 Å². The molecule has 0 saturated carbocycles. The molecule has 0 aliphatic heterocycles. The molecule has 0 radical (unpaired) electrons. The van der Waals surface area contributed by atoms with E-state index in [1.807, 2.05) is 42.5 Å². The van der Waals surface area contributed by atoms with Gasteiger partial charge in [0.05, 0.1) is 18.5 Å². The number of methoxy groups -OCH3 is 1. The Labute approximate surface area is 456 Å². The molecular formula is C27H27F55N4O4. The van der Waals surface area contributed by atoms with Crippen molar-refractivity contribution in [2.45, 2.75) is 25.7 Å². The van der Waals surface area contributed by atoms with Gasteiger partial charge < -0.3 is 9.84 Å². The lowest BCUT2D eigenvalue weighted by molar-refractivity contribution is 0.0591. The molecule has 63 heteroatoms. The zero-order chi connectivity index (χ0) is 78.9. The lowest BCUT2D eigenvalue weighted by Gasteiger charge is -2.01. The van der Waals surface area contributed by atoms with Crippen molar-refractivity contribution in [3.8, 4) is 0 Å². The largest absolute Gasteiger partial charge is 0.476 e. The Bertz CT molecular complexity index is 1290. The van der Waals surface area contributed by atoms with E-state index in [2.05, 4.69) is 49.4 Å². The molecule has 4 rings (SSSR count). The van der Waals surface area contributed by atoms with E-state index in [0.29, 0.717) is 0 Å². The van der Waals surface area contributed by atoms with Crippen LogP contribution in [0.15, 0.2) is 84.9 Å². The Hall–Kier alpha value is -8.31. The summed E-state index contributed by atoms with van der Waals surface area (Å²) in [5.74, 6) is -1.51. The van der Waals surface area contributed by atoms with E-state index in [0.717, 1.165) is 37.1 Å². The monoisotopic (exact) mass is 1520 g/mol. The predicted octanol–water partition coefficient (Wildman–Crippen LogP) is 26.9. The summed E-state index contributed by atoms with van der Waals surface area (Å²) in [4.78, 5) is 21.8. The third-order valence-electron chi connectivity index (χ3n) is 5.08. The minimum atomic E-state index is -1.05. The molecule has 0 aliphatic carbocycles. The molecule has 0 fully saturated rings. The topological polar surface area (TPSA) is 115 Å². The smallest absolute Gasteiger partial charge is 0.358 e. The van der Waals surface area contributed by atoms with Gasteiger partial charge >= 0.3 is 11.9 Å². The molecule has 564 valence electrons. The normalized spacial score (nSPS) is 5.72. The second kappa shape index (κ2) is 342. The van der Waals surface area contributed by atoms with Crippen molar-refractivity contribution in [3.63, 3.8) is 0 Å². The predicted molar refractivity (Wildman–Crippen MR) is 192 cm³/mol. The first-order chi connectivity index (χ1) is 44.0. The molecule has 0 amide bonds. The highest BCUT2D eigenvalue weighted by atomic mass is 20.1. The van der Waals surface area contributed by atoms with Crippen molar-refractivity contribution in [1.82, 2.24) is 20.4 Å². The molecular weight excluding hydrogens is 1490 g/mol. The van der Waals surface area contributed by atoms with Gasteiger partial charge in [-0.25, -0.2) is 9.59 Å². The SMILES string of the molecule is COC(=O)c1ccc(CCc2ccccc2)nn1.F.FF.FF.FF.FF.FF.FF.FF.FF.FF.FF.FF.FF.FF.FF.FF.FF.FF.FF.FF.FF.FF.FF.FF.FF.FF.FF.FF.O=C(O)c1ccc(CCc2ccccc2)nn1. The van der Waals surface area contributed by atoms with Crippen LogP contribution in [0.3, 0.4) is 0 Å². The molecule has 8 nitrogen and oxygen atoms in total. The maximum atomic E-state index is 11.2. The van der Waals surface area contributed by atoms with Crippen LogP contribution in [0, 0.1) is 0 Å². The highest BCUT2D eigenvalue weighted by molar-refractivity contribution is 5.86. The van der Waals surface area contributed by atoms with E-state index in [9.17, 15) is 9.59 Å². The van der Waals surface area contributed by atoms with E-state index in [4.69, 9.17) is 252 Å². The van der Waals surface area contributed by atoms with Crippen molar-refractivity contribution in [3.05, 3.63) is 119 Å². The number of hydrogen-bond acceptors (Lipinski definition) is 7. The molecule has 0 saturated heterocycles. The van der Waals surface area contributed by atoms with Gasteiger partial charge in [0.25, 0.3) is 0 Å². The van der Waals surface area contributed by atoms with Gasteiger partial charge in [-0.3, -0.25) is 4.70 Å². The Balaban J connectivity index is -0.0000000218. The Kier molecular flexibility index (Phi) is 652. The molecule has 2 aromatic heterocycles. The van der Waals surface area contributed by atoms with Gasteiger partial charge in [0, 0.05) is 247 Å². The molecule has 2 aromatic carbocycles. The van der Waals surface area contributed by atoms with Crippen LogP contribution >= 0.6 is 0 Å². The second-order valence-corrected chi connectivity index (χ2v) is 7.59. The quantitative estimate of drug-likeness (QED) is 0.137. The number of ether oxygens (including phenoxy) is 1. The van der Waals surface area contributed by atoms with Crippen LogP contribution in [0.2, 0.25) is 0 Å². The van der Waals surface area contributed by atoms with Crippen molar-refractivity contribution in [2.75, 3.05) is 7.11 Å². The number of halogens is 55. The number of nitrogens with zero attached hydrogens (tertiary/aromatic N) is 4. The number of aromatic carboxylic acids is 1. The van der Waals surface area contributed by atoms with Gasteiger partial charge in [0.15, 0.2) is 11.4 Å². The van der Waals surface area contributed by atoms with Crippen LogP contribution in [-0.4, -0.2) is 44.5 Å². The lowest BCUT2D eigenvalue weighted by atomic mass is 10.1. The van der Waals surface area contributed by atoms with E-state index >= 15 is 0 Å². The minimum Gasteiger partial charge on any atom is -0.476 e. The number of carbonyl (C=O) groups is 2. The summed E-state index contributed by atoms with van der Waals surface area (Å²) in [6.45, 7) is 0. The van der Waals surface area contributed by atoms with E-state index in [-0.39, 0.29) is 16.1 Å². The van der Waals surface area contributed by atoms with Gasteiger partial charge in [0.1, 0.15) is 0 Å². The summed E-state index contributed by atoms with van der Waals surface area (Å²) in [6.07, 6.45) is 3.35. The third-order valence-corrected chi connectivity index (χ3v) is 5.08. The molecule has 0 bridgehead atoms. The molecule has 0 atom stereocenters. The molecule has 0 aliphatic rings. The Morgan fingerprint density at radius 1 is 0.278 bits per heavy atom. The van der Waals surface area contributed by atoms with Crippen molar-refractivity contribution < 1.29 is 271 Å². The molecule has 90 heavy (non-hydrogen) atoms. The molecule has 4 aromatic rings. The number of carboxylic acids is 1. The fourth-order valence-electron chi connectivity index (χ4n) is 3.15. The van der Waals surface area contributed by atoms with Gasteiger partial charge in [-0.2, -0.15) is 10.2 Å². The first kappa shape index (κ1) is 171. The zero-order valence-electron chi connectivity index (χ0n) is 40.2. The number of carboxylic acid groups (broad SMARTS) is 1. The van der Waals surface area contributed by atoms with Gasteiger partial charge in [-0.1, -0.05) is 60.7 Å². The van der Waals surface area contributed by atoms with Crippen molar-refractivity contribution in [2.24, 2.45) is 0 Å². The summed E-state index contributed by atoms with van der Waals surface area (Å²) in [5, 5.41) is 24.1. The number of aromatic nitrogens is 4. The average Bonchev–Trinajstić information content (AvgIpc) is 3.72. The van der Waals surface area contributed by atoms with Gasteiger partial charge in [-0.15, -0.1) is 10.2 Å². The highest BCUT2D eigenvalue weighted by Crippen LogP contribution is 2.07. The maximum absolute atomic E-state index is 11.2. The fraction of sp³-hybridized carbons (Fsp3) is 0.185. The number of carbonyl (C=O) groups excluding carboxylic acids is 1. The van der Waals surface area contributed by atoms with E-state index in [1.165, 1.54) is 24.3 Å². The average molecular weight is 1520 g/mol. The Morgan fingerprint density at radius 2 is 0.456 bits per heavy atom. The maximum Gasteiger partial charge on any atom is 0.358 e. The standard InChI is InChI=1S/C14H14N2O2.C13H12N2O2.27F2.FH/c1-18-14(17)13-10-9-12(15-16-13)8-7-11-5-3-2-4-6-11;16-13(17)12-9-8-11(14-15-12)7-6-10-4-2-1-3-5-10;27*1-2;/h2-6,9-10H,7-8H2,1H3;1-5,8-9H,6-7H2,(H,16,17);;;;;;;;;;;;;;;;;;;;;;;;;;;;1H. The molecule has 2 heterocycles. The summed E-state index contributed by atoms with van der Waals surface area (Å²) in [5.41, 5.74) is 4.38. The highest BCUT2D eigenvalue weighted by Gasteiger charge is 2.08. The zero-order valence-corrected chi connectivity index (χ0v) is 40.2. The summed E-state index contributed by atoms with van der Waals surface area (Å²) in [6, 6.07) is 26.9. The first-order valence-corrected chi connectivity index (χ1v) is 15.0. The van der Waals surface area contributed by atoms with Crippen LogP contribution in [0.4, 0.5) is 252 Å². The van der Waals surface area contributed by atoms with Crippen LogP contribution in [0.1, 0.15) is 43.5 Å². The van der Waals surface area contributed by atoms with Crippen molar-refractivity contribution >= 4 is 11.9 Å². The molecule has 0 spiro atoms. The second-order valence-electron chi connectivity index (χ2n) is 7.59. The summed E-state index contributed by atoms with van der Waals surface area (Å²) in [7, 11) is 1.33. The van der Waals surface area contributed by atoms with Crippen molar-refractivity contribution in [1.29, 1.82) is 0 Å². The third kappa shape index (κ3) is 217. The van der Waals surface area contributed by atoms with Gasteiger partial charge in [0.2, 0.25) is 0 Å². The van der Waals surface area contributed by atoms with Gasteiger partial charge in [-0.05, 0) is 61.1 Å². The van der Waals surface area contributed by atoms with Crippen LogP contribution in [0.5, 0.6) is 0 Å². The van der Waals surface area contributed by atoms with Crippen LogP contribution in [-0.2, 0) is 30.4 Å². The summed E-state index contributed by atoms with van der Waals surface area (Å²) >= 11 is 0. The van der Waals surface area contributed by atoms with E-state index < -0.39 is 11.9 Å². The molecule has 1 N–H and O–H groups in total. The minimum absolute atomic E-state index is 0. The molecule has 0 unspecified atom stereocenters. The first-order valence-electron chi connectivity index (χ1n) is 15.0. The number of esters is 1. The van der Waals surface area contributed by atoms with Crippen LogP contribution in [0.25, 0.3) is 0 Å². The summed E-state index contributed by atoms with van der Waals surface area (Å²) < 4.78 is 437. The Morgan fingerprint density at radius 3 is 0.600 bits per heavy atom. The number of hydrogen-bond donors (Lipinski definition) is 1. The number of aryl methyl sites for hydroxylation is 4. The number of benzene rings is 2. The van der Waals surface area contributed by atoms with Crippen LogP contribution < -0.4 is 0 Å². The lowest BCUT2D eigenvalue weighted by Crippen LogP contribution is -2.07. The fourth-order valence-corrected chi connectivity index (χ4v) is 3.15.